The van der Waals surface area contributed by atoms with E-state index in [0.717, 1.165) is 15.9 Å². The molecule has 3 N–H and O–H groups in total. The minimum absolute atomic E-state index is 0.0938. The normalized spacial score (nSPS) is 11.5. The molecule has 0 bridgehead atoms. The summed E-state index contributed by atoms with van der Waals surface area (Å²) in [6, 6.07) is 4.02. The monoisotopic (exact) mass is 277 g/mol. The largest absolute Gasteiger partial charge is 0.397 e. The zero-order valence-electron chi connectivity index (χ0n) is 11.7. The lowest BCUT2D eigenvalue weighted by Crippen LogP contribution is -2.29. The van der Waals surface area contributed by atoms with Gasteiger partial charge in [-0.1, -0.05) is 13.8 Å². The predicted molar refractivity (Wildman–Crippen MR) is 80.7 cm³/mol. The number of hydrogen-bond acceptors (Lipinski definition) is 4. The smallest absolute Gasteiger partial charge is 0.263 e. The number of hydrogen-bond donors (Lipinski definition) is 2. The highest BCUT2D eigenvalue weighted by Crippen LogP contribution is 2.33. The third kappa shape index (κ3) is 2.71. The molecule has 0 saturated heterocycles. The van der Waals surface area contributed by atoms with Crippen molar-refractivity contribution in [3.8, 4) is 0 Å². The summed E-state index contributed by atoms with van der Waals surface area (Å²) in [6.07, 6.45) is 0. The Balaban J connectivity index is 2.47. The molecule has 0 aliphatic heterocycles. The van der Waals surface area contributed by atoms with E-state index >= 15 is 0 Å². The summed E-state index contributed by atoms with van der Waals surface area (Å²) in [5.41, 5.74) is 7.60. The summed E-state index contributed by atoms with van der Waals surface area (Å²) in [6.45, 7) is 8.04. The predicted octanol–water partition coefficient (Wildman–Crippen LogP) is 3.14. The number of nitrogens with one attached hydrogen (secondary N) is 1. The van der Waals surface area contributed by atoms with E-state index in [-0.39, 0.29) is 11.9 Å². The van der Waals surface area contributed by atoms with Gasteiger partial charge >= 0.3 is 0 Å². The van der Waals surface area contributed by atoms with Gasteiger partial charge in [0.15, 0.2) is 0 Å². The van der Waals surface area contributed by atoms with Crippen LogP contribution in [-0.2, 0) is 0 Å². The highest BCUT2D eigenvalue weighted by molar-refractivity contribution is 7.21. The molecule has 19 heavy (non-hydrogen) atoms. The number of aromatic nitrogens is 1. The number of carbonyl (C=O) groups excluding carboxylic acids is 1. The Bertz CT molecular complexity index is 616. The van der Waals surface area contributed by atoms with Crippen LogP contribution in [0.2, 0.25) is 0 Å². The highest BCUT2D eigenvalue weighted by Gasteiger charge is 2.18. The summed E-state index contributed by atoms with van der Waals surface area (Å²) in [4.78, 5) is 18.0. The van der Waals surface area contributed by atoms with Crippen LogP contribution in [0.25, 0.3) is 10.2 Å². The molecule has 0 aromatic carbocycles. The highest BCUT2D eigenvalue weighted by atomic mass is 32.1. The number of nitrogens with zero attached hydrogens (tertiary/aromatic N) is 1. The van der Waals surface area contributed by atoms with Gasteiger partial charge in [0.2, 0.25) is 0 Å². The Morgan fingerprint density at radius 3 is 2.58 bits per heavy atom. The van der Waals surface area contributed by atoms with Gasteiger partial charge in [0.1, 0.15) is 9.71 Å². The molecular weight excluding hydrogens is 258 g/mol. The van der Waals surface area contributed by atoms with Gasteiger partial charge in [-0.25, -0.2) is 4.98 Å². The second kappa shape index (κ2) is 5.17. The van der Waals surface area contributed by atoms with Gasteiger partial charge in [0.05, 0.1) is 5.69 Å². The standard InChI is InChI=1S/C14H19N3OS/c1-7(2)10-6-5-9-11(15)12(19-14(9)17-10)13(18)16-8(3)4/h5-8H,15H2,1-4H3,(H,16,18). The van der Waals surface area contributed by atoms with Gasteiger partial charge in [0, 0.05) is 17.1 Å². The van der Waals surface area contributed by atoms with Crippen molar-refractivity contribution in [2.75, 3.05) is 5.73 Å². The van der Waals surface area contributed by atoms with Crippen molar-refractivity contribution in [1.82, 2.24) is 10.3 Å². The fraction of sp³-hybridized carbons (Fsp3) is 0.429. The van der Waals surface area contributed by atoms with Crippen LogP contribution in [0.5, 0.6) is 0 Å². The summed E-state index contributed by atoms with van der Waals surface area (Å²) < 4.78 is 0. The van der Waals surface area contributed by atoms with E-state index in [1.165, 1.54) is 11.3 Å². The molecule has 5 heteroatoms. The number of nitrogen functional groups attached to an aromatic ring is 1. The summed E-state index contributed by atoms with van der Waals surface area (Å²) in [5, 5.41) is 3.73. The fourth-order valence-corrected chi connectivity index (χ4v) is 2.83. The van der Waals surface area contributed by atoms with E-state index in [2.05, 4.69) is 24.1 Å². The average Bonchev–Trinajstić information content (AvgIpc) is 2.65. The van der Waals surface area contributed by atoms with Gasteiger partial charge in [-0.2, -0.15) is 0 Å². The first-order chi connectivity index (χ1) is 8.90. The Morgan fingerprint density at radius 2 is 2.00 bits per heavy atom. The first-order valence-electron chi connectivity index (χ1n) is 6.40. The maximum absolute atomic E-state index is 12.1. The van der Waals surface area contributed by atoms with Gasteiger partial charge in [-0.05, 0) is 31.9 Å². The van der Waals surface area contributed by atoms with Crippen molar-refractivity contribution < 1.29 is 4.79 Å². The molecule has 2 rings (SSSR count). The molecule has 102 valence electrons. The lowest BCUT2D eigenvalue weighted by Gasteiger charge is -2.06. The van der Waals surface area contributed by atoms with Crippen molar-refractivity contribution in [1.29, 1.82) is 0 Å². The lowest BCUT2D eigenvalue weighted by molar-refractivity contribution is 0.0948. The first kappa shape index (κ1) is 13.8. The third-order valence-electron chi connectivity index (χ3n) is 2.83. The summed E-state index contributed by atoms with van der Waals surface area (Å²) >= 11 is 1.36. The van der Waals surface area contributed by atoms with Crippen molar-refractivity contribution >= 4 is 33.1 Å². The molecular formula is C14H19N3OS. The molecule has 0 radical (unpaired) electrons. The van der Waals surface area contributed by atoms with Crippen LogP contribution in [0.3, 0.4) is 0 Å². The number of anilines is 1. The average molecular weight is 277 g/mol. The van der Waals surface area contributed by atoms with Crippen molar-refractivity contribution in [3.05, 3.63) is 22.7 Å². The number of amides is 1. The minimum atomic E-state index is -0.124. The molecule has 0 unspecified atom stereocenters. The van der Waals surface area contributed by atoms with Crippen LogP contribution in [0, 0.1) is 0 Å². The Labute approximate surface area is 117 Å². The van der Waals surface area contributed by atoms with E-state index in [1.807, 2.05) is 26.0 Å². The molecule has 2 aromatic heterocycles. The van der Waals surface area contributed by atoms with Crippen LogP contribution in [0.4, 0.5) is 5.69 Å². The zero-order chi connectivity index (χ0) is 14.2. The van der Waals surface area contributed by atoms with Gasteiger partial charge in [-0.15, -0.1) is 11.3 Å². The molecule has 1 amide bonds. The quantitative estimate of drug-likeness (QED) is 0.905. The maximum atomic E-state index is 12.1. The Hall–Kier alpha value is -1.62. The molecule has 0 saturated carbocycles. The number of thiophene rings is 1. The van der Waals surface area contributed by atoms with Crippen molar-refractivity contribution in [3.63, 3.8) is 0 Å². The molecule has 0 aliphatic rings. The molecule has 4 nitrogen and oxygen atoms in total. The topological polar surface area (TPSA) is 68.0 Å². The second-order valence-corrected chi connectivity index (χ2v) is 6.22. The molecule has 0 spiro atoms. The summed E-state index contributed by atoms with van der Waals surface area (Å²) in [5.74, 6) is 0.238. The van der Waals surface area contributed by atoms with Crippen molar-refractivity contribution in [2.24, 2.45) is 0 Å². The van der Waals surface area contributed by atoms with E-state index in [0.29, 0.717) is 16.5 Å². The Morgan fingerprint density at radius 1 is 1.32 bits per heavy atom. The van der Waals surface area contributed by atoms with E-state index < -0.39 is 0 Å². The maximum Gasteiger partial charge on any atom is 0.263 e. The number of rotatable bonds is 3. The molecule has 0 aliphatic carbocycles. The number of pyridine rings is 1. The van der Waals surface area contributed by atoms with E-state index in [4.69, 9.17) is 5.73 Å². The zero-order valence-corrected chi connectivity index (χ0v) is 12.5. The van der Waals surface area contributed by atoms with Crippen LogP contribution in [-0.4, -0.2) is 16.9 Å². The van der Waals surface area contributed by atoms with Gasteiger partial charge in [-0.3, -0.25) is 4.79 Å². The minimum Gasteiger partial charge on any atom is -0.397 e. The van der Waals surface area contributed by atoms with Gasteiger partial charge in [0.25, 0.3) is 5.91 Å². The second-order valence-electron chi connectivity index (χ2n) is 5.22. The van der Waals surface area contributed by atoms with E-state index in [1.54, 1.807) is 0 Å². The molecule has 0 atom stereocenters. The molecule has 2 aromatic rings. The van der Waals surface area contributed by atoms with E-state index in [9.17, 15) is 4.79 Å². The number of carbonyl (C=O) groups is 1. The van der Waals surface area contributed by atoms with Crippen molar-refractivity contribution in [2.45, 2.75) is 39.7 Å². The molecule has 0 fully saturated rings. The summed E-state index contributed by atoms with van der Waals surface area (Å²) in [7, 11) is 0. The lowest BCUT2D eigenvalue weighted by atomic mass is 10.1. The fourth-order valence-electron chi connectivity index (χ4n) is 1.83. The SMILES string of the molecule is CC(C)NC(=O)c1sc2nc(C(C)C)ccc2c1N. The Kier molecular flexibility index (Phi) is 3.75. The van der Waals surface area contributed by atoms with Crippen LogP contribution >= 0.6 is 11.3 Å². The third-order valence-corrected chi connectivity index (χ3v) is 3.95. The van der Waals surface area contributed by atoms with Gasteiger partial charge < -0.3 is 11.1 Å². The number of nitrogens with two attached hydrogens (primary N) is 1. The first-order valence-corrected chi connectivity index (χ1v) is 7.21. The van der Waals surface area contributed by atoms with Crippen LogP contribution in [0.15, 0.2) is 12.1 Å². The van der Waals surface area contributed by atoms with Crippen LogP contribution < -0.4 is 11.1 Å². The molecule has 2 heterocycles. The number of fused-ring (bicyclic) bond motifs is 1. The van der Waals surface area contributed by atoms with Crippen LogP contribution in [0.1, 0.15) is 49.0 Å².